The van der Waals surface area contributed by atoms with Crippen molar-refractivity contribution in [3.05, 3.63) is 59.7 Å². The van der Waals surface area contributed by atoms with Gasteiger partial charge < -0.3 is 18.9 Å². The van der Waals surface area contributed by atoms with Crippen molar-refractivity contribution in [2.75, 3.05) is 24.9 Å². The Morgan fingerprint density at radius 2 is 1.71 bits per heavy atom. The molecule has 0 aromatic heterocycles. The minimum absolute atomic E-state index is 0.0492. The minimum Gasteiger partial charge on any atom is -0.494 e. The van der Waals surface area contributed by atoms with Gasteiger partial charge in [0.2, 0.25) is 6.79 Å². The predicted molar refractivity (Wildman–Crippen MR) is 128 cm³/mol. The molecule has 3 aromatic rings. The van der Waals surface area contributed by atoms with Crippen LogP contribution in [0.2, 0.25) is 0 Å². The fourth-order valence-corrected chi connectivity index (χ4v) is 4.05. The van der Waals surface area contributed by atoms with Gasteiger partial charge in [0.25, 0.3) is 11.8 Å². The van der Waals surface area contributed by atoms with Crippen LogP contribution in [-0.2, 0) is 9.59 Å². The van der Waals surface area contributed by atoms with Crippen molar-refractivity contribution in [2.45, 2.75) is 13.8 Å². The van der Waals surface area contributed by atoms with Crippen molar-refractivity contribution in [3.63, 3.8) is 0 Å². The molecule has 4 amide bonds. The van der Waals surface area contributed by atoms with E-state index in [2.05, 4.69) is 5.32 Å². The average Bonchev–Trinajstić information content (AvgIpc) is 3.31. The van der Waals surface area contributed by atoms with Crippen LogP contribution in [0.3, 0.4) is 0 Å². The largest absolute Gasteiger partial charge is 0.494 e. The predicted octanol–water partition coefficient (Wildman–Crippen LogP) is 4.03. The standard InChI is InChI=1S/C26H22N2O7/c1-3-32-17-8-5-15-6-9-21(33-4-2)19(18(15)12-17)13-20-24(29)27-26(31)28(25(20)30)16-7-10-22-23(11-16)35-14-34-22/h5-13H,3-4,14H2,1-2H3,(H,27,29,31)/b20-13+. The van der Waals surface area contributed by atoms with Gasteiger partial charge in [0, 0.05) is 11.6 Å². The molecule has 178 valence electrons. The van der Waals surface area contributed by atoms with Crippen molar-refractivity contribution in [3.8, 4) is 23.0 Å². The van der Waals surface area contributed by atoms with Crippen molar-refractivity contribution >= 4 is 40.4 Å². The first-order valence-electron chi connectivity index (χ1n) is 11.1. The van der Waals surface area contributed by atoms with Gasteiger partial charge >= 0.3 is 6.03 Å². The zero-order chi connectivity index (χ0) is 24.5. The number of imide groups is 2. The number of urea groups is 1. The Labute approximate surface area is 200 Å². The number of nitrogens with one attached hydrogen (secondary N) is 1. The number of hydrogen-bond donors (Lipinski definition) is 1. The molecule has 0 aliphatic carbocycles. The summed E-state index contributed by atoms with van der Waals surface area (Å²) in [4.78, 5) is 39.8. The molecule has 0 spiro atoms. The second-order valence-electron chi connectivity index (χ2n) is 7.72. The summed E-state index contributed by atoms with van der Waals surface area (Å²) in [6, 6.07) is 13.1. The Bertz CT molecular complexity index is 1390. The maximum Gasteiger partial charge on any atom is 0.335 e. The van der Waals surface area contributed by atoms with E-state index in [0.717, 1.165) is 15.7 Å². The van der Waals surface area contributed by atoms with Crippen LogP contribution >= 0.6 is 0 Å². The SMILES string of the molecule is CCOc1ccc2ccc(OCC)c(/C=C3\C(=O)NC(=O)N(c4ccc5c(c4)OCO5)C3=O)c2c1. The van der Waals surface area contributed by atoms with E-state index in [1.807, 2.05) is 38.1 Å². The molecule has 5 rings (SSSR count). The van der Waals surface area contributed by atoms with Crippen LogP contribution in [-0.4, -0.2) is 37.9 Å². The molecule has 3 aromatic carbocycles. The number of rotatable bonds is 6. The van der Waals surface area contributed by atoms with Gasteiger partial charge in [-0.2, -0.15) is 0 Å². The number of benzene rings is 3. The van der Waals surface area contributed by atoms with E-state index >= 15 is 0 Å². The molecule has 0 saturated carbocycles. The Morgan fingerprint density at radius 1 is 0.943 bits per heavy atom. The molecule has 2 aliphatic rings. The highest BCUT2D eigenvalue weighted by Gasteiger charge is 2.37. The molecule has 9 nitrogen and oxygen atoms in total. The number of amides is 4. The molecular weight excluding hydrogens is 452 g/mol. The number of nitrogens with zero attached hydrogens (tertiary/aromatic N) is 1. The molecule has 0 unspecified atom stereocenters. The molecule has 0 bridgehead atoms. The first kappa shape index (κ1) is 22.3. The monoisotopic (exact) mass is 474 g/mol. The molecule has 2 aliphatic heterocycles. The maximum atomic E-state index is 13.5. The fraction of sp³-hybridized carbons (Fsp3) is 0.192. The lowest BCUT2D eigenvalue weighted by Gasteiger charge is -2.26. The van der Waals surface area contributed by atoms with Crippen LogP contribution in [0, 0.1) is 0 Å². The number of barbiturate groups is 1. The second-order valence-corrected chi connectivity index (χ2v) is 7.72. The minimum atomic E-state index is -0.849. The Morgan fingerprint density at radius 3 is 2.51 bits per heavy atom. The molecule has 9 heteroatoms. The van der Waals surface area contributed by atoms with Gasteiger partial charge in [-0.25, -0.2) is 9.69 Å². The van der Waals surface area contributed by atoms with E-state index in [0.29, 0.717) is 41.8 Å². The molecule has 1 fully saturated rings. The summed E-state index contributed by atoms with van der Waals surface area (Å²) in [7, 11) is 0. The van der Waals surface area contributed by atoms with Gasteiger partial charge in [-0.1, -0.05) is 12.1 Å². The first-order valence-corrected chi connectivity index (χ1v) is 11.1. The summed E-state index contributed by atoms with van der Waals surface area (Å²) >= 11 is 0. The summed E-state index contributed by atoms with van der Waals surface area (Å²) in [5.41, 5.74) is 0.568. The van der Waals surface area contributed by atoms with Gasteiger partial charge in [-0.05, 0) is 61.0 Å². The fourth-order valence-electron chi connectivity index (χ4n) is 4.05. The molecular formula is C26H22N2O7. The quantitative estimate of drug-likeness (QED) is 0.425. The Hall–Kier alpha value is -4.53. The van der Waals surface area contributed by atoms with E-state index in [1.54, 1.807) is 18.2 Å². The zero-order valence-electron chi connectivity index (χ0n) is 19.1. The second kappa shape index (κ2) is 9.02. The smallest absolute Gasteiger partial charge is 0.335 e. The number of carbonyl (C=O) groups is 3. The highest BCUT2D eigenvalue weighted by molar-refractivity contribution is 6.39. The third-order valence-electron chi connectivity index (χ3n) is 5.61. The van der Waals surface area contributed by atoms with Crippen molar-refractivity contribution in [2.24, 2.45) is 0 Å². The highest BCUT2D eigenvalue weighted by atomic mass is 16.7. The molecule has 1 N–H and O–H groups in total. The number of fused-ring (bicyclic) bond motifs is 2. The summed E-state index contributed by atoms with van der Waals surface area (Å²) in [5, 5.41) is 3.86. The van der Waals surface area contributed by atoms with Crippen molar-refractivity contribution in [1.82, 2.24) is 5.32 Å². The average molecular weight is 474 g/mol. The lowest BCUT2D eigenvalue weighted by molar-refractivity contribution is -0.122. The van der Waals surface area contributed by atoms with E-state index in [9.17, 15) is 14.4 Å². The van der Waals surface area contributed by atoms with E-state index in [4.69, 9.17) is 18.9 Å². The third kappa shape index (κ3) is 4.01. The molecule has 35 heavy (non-hydrogen) atoms. The number of carbonyl (C=O) groups excluding carboxylic acids is 3. The van der Waals surface area contributed by atoms with Crippen LogP contribution in [0.25, 0.3) is 16.8 Å². The molecule has 1 saturated heterocycles. The van der Waals surface area contributed by atoms with Gasteiger partial charge in [-0.15, -0.1) is 0 Å². The summed E-state index contributed by atoms with van der Waals surface area (Å²) in [6.07, 6.45) is 1.45. The summed E-state index contributed by atoms with van der Waals surface area (Å²) in [6.45, 7) is 4.65. The molecule has 2 heterocycles. The van der Waals surface area contributed by atoms with Crippen LogP contribution in [0.15, 0.2) is 54.1 Å². The lowest BCUT2D eigenvalue weighted by atomic mass is 9.99. The van der Waals surface area contributed by atoms with Crippen LogP contribution < -0.4 is 29.2 Å². The van der Waals surface area contributed by atoms with Crippen LogP contribution in [0.5, 0.6) is 23.0 Å². The van der Waals surface area contributed by atoms with Crippen molar-refractivity contribution < 1.29 is 33.3 Å². The summed E-state index contributed by atoms with van der Waals surface area (Å²) in [5.74, 6) is 0.489. The van der Waals surface area contributed by atoms with Gasteiger partial charge in [0.05, 0.1) is 18.9 Å². The van der Waals surface area contributed by atoms with Crippen molar-refractivity contribution in [1.29, 1.82) is 0 Å². The van der Waals surface area contributed by atoms with E-state index < -0.39 is 17.8 Å². The highest BCUT2D eigenvalue weighted by Crippen LogP contribution is 2.37. The Balaban J connectivity index is 1.63. The topological polar surface area (TPSA) is 103 Å². The Kier molecular flexibility index (Phi) is 5.74. The number of anilines is 1. The van der Waals surface area contributed by atoms with Gasteiger partial charge in [0.1, 0.15) is 17.1 Å². The number of hydrogen-bond acceptors (Lipinski definition) is 7. The molecule has 0 radical (unpaired) electrons. The van der Waals surface area contributed by atoms with E-state index in [-0.39, 0.29) is 18.1 Å². The molecule has 0 atom stereocenters. The normalized spacial score (nSPS) is 16.1. The zero-order valence-corrected chi connectivity index (χ0v) is 19.1. The number of ether oxygens (including phenoxy) is 4. The summed E-state index contributed by atoms with van der Waals surface area (Å²) < 4.78 is 22.1. The van der Waals surface area contributed by atoms with Crippen LogP contribution in [0.4, 0.5) is 10.5 Å². The lowest BCUT2D eigenvalue weighted by Crippen LogP contribution is -2.54. The third-order valence-corrected chi connectivity index (χ3v) is 5.61. The maximum absolute atomic E-state index is 13.5. The van der Waals surface area contributed by atoms with E-state index in [1.165, 1.54) is 12.1 Å². The van der Waals surface area contributed by atoms with Gasteiger partial charge in [0.15, 0.2) is 11.5 Å². The van der Waals surface area contributed by atoms with Gasteiger partial charge in [-0.3, -0.25) is 14.9 Å². The first-order chi connectivity index (χ1) is 17.0. The van der Waals surface area contributed by atoms with Crippen LogP contribution in [0.1, 0.15) is 19.4 Å².